The number of rotatable bonds is 2. The highest BCUT2D eigenvalue weighted by atomic mass is 32.2. The monoisotopic (exact) mass is 298 g/mol. The summed E-state index contributed by atoms with van der Waals surface area (Å²) >= 11 is 3.19. The van der Waals surface area contributed by atoms with E-state index in [4.69, 9.17) is 11.5 Å². The van der Waals surface area contributed by atoms with Crippen LogP contribution in [0, 0.1) is 5.92 Å². The van der Waals surface area contributed by atoms with Gasteiger partial charge in [0.1, 0.15) is 10.5 Å². The van der Waals surface area contributed by atoms with Gasteiger partial charge in [0.2, 0.25) is 5.13 Å². The van der Waals surface area contributed by atoms with E-state index < -0.39 is 0 Å². The van der Waals surface area contributed by atoms with Crippen LogP contribution in [0.15, 0.2) is 5.10 Å². The molecule has 3 atom stereocenters. The highest BCUT2D eigenvalue weighted by molar-refractivity contribution is 8.14. The summed E-state index contributed by atoms with van der Waals surface area (Å²) in [6.07, 6.45) is 4.65. The molecule has 3 rings (SSSR count). The molecule has 0 bridgehead atoms. The molecule has 0 saturated heterocycles. The molecule has 0 amide bonds. The Kier molecular flexibility index (Phi) is 3.64. The van der Waals surface area contributed by atoms with Crippen LogP contribution in [0.3, 0.4) is 0 Å². The van der Waals surface area contributed by atoms with Crippen molar-refractivity contribution in [2.45, 2.75) is 37.1 Å². The van der Waals surface area contributed by atoms with Crippen LogP contribution in [-0.4, -0.2) is 32.8 Å². The molecule has 1 unspecified atom stereocenters. The molecule has 8 heteroatoms. The van der Waals surface area contributed by atoms with Crippen LogP contribution < -0.4 is 11.5 Å². The van der Waals surface area contributed by atoms with Crippen molar-refractivity contribution in [3.8, 4) is 0 Å². The largest absolute Gasteiger partial charge is 0.374 e. The van der Waals surface area contributed by atoms with Gasteiger partial charge in [-0.15, -0.1) is 10.2 Å². The average Bonchev–Trinajstić information content (AvgIpc) is 2.97. The molecule has 1 fully saturated rings. The first-order valence-corrected chi connectivity index (χ1v) is 8.15. The molecule has 0 radical (unpaired) electrons. The normalized spacial score (nSPS) is 31.6. The minimum absolute atomic E-state index is 0.0347. The van der Waals surface area contributed by atoms with Gasteiger partial charge >= 0.3 is 0 Å². The molecule has 0 aromatic carbocycles. The fourth-order valence-corrected chi connectivity index (χ4v) is 4.45. The predicted molar refractivity (Wildman–Crippen MR) is 79.8 cm³/mol. The van der Waals surface area contributed by atoms with E-state index in [1.807, 2.05) is 12.1 Å². The summed E-state index contributed by atoms with van der Waals surface area (Å²) in [5.74, 6) is 0.976. The lowest BCUT2D eigenvalue weighted by Crippen LogP contribution is -2.28. The fraction of sp³-hybridized carbons (Fsp3) is 0.727. The van der Waals surface area contributed by atoms with E-state index >= 15 is 0 Å². The first kappa shape index (κ1) is 13.1. The van der Waals surface area contributed by atoms with Crippen molar-refractivity contribution < 1.29 is 0 Å². The molecule has 6 nitrogen and oxygen atoms in total. The summed E-state index contributed by atoms with van der Waals surface area (Å²) in [6.45, 7) is 0. The summed E-state index contributed by atoms with van der Waals surface area (Å²) in [7, 11) is 1.93. The lowest BCUT2D eigenvalue weighted by Gasteiger charge is -2.26. The van der Waals surface area contributed by atoms with Gasteiger partial charge in [-0.05, 0) is 19.3 Å². The third kappa shape index (κ3) is 2.70. The summed E-state index contributed by atoms with van der Waals surface area (Å²) < 4.78 is 0. The number of hydrogen-bond donors (Lipinski definition) is 2. The molecular formula is C11H18N6S2. The Morgan fingerprint density at radius 1 is 1.26 bits per heavy atom. The van der Waals surface area contributed by atoms with Gasteiger partial charge in [0, 0.05) is 18.9 Å². The van der Waals surface area contributed by atoms with Gasteiger partial charge in [0.25, 0.3) is 0 Å². The minimum atomic E-state index is -0.0347. The highest BCUT2D eigenvalue weighted by Gasteiger charge is 2.33. The second-order valence-electron chi connectivity index (χ2n) is 5.06. The second-order valence-corrected chi connectivity index (χ2v) is 7.24. The number of nitrogens with zero attached hydrogens (tertiary/aromatic N) is 4. The van der Waals surface area contributed by atoms with E-state index in [0.29, 0.717) is 17.0 Å². The van der Waals surface area contributed by atoms with Gasteiger partial charge in [-0.25, -0.2) is 0 Å². The number of anilines is 1. The summed E-state index contributed by atoms with van der Waals surface area (Å²) in [6, 6.07) is 0. The standard InChI is InChI=1S/C11H18N6S2/c1-17-11(13)19-9(16-17)7-4-2-3-6(5-7)8-14-15-10(12)18-8/h6-7,11H,2-5,13H2,1H3,(H2,12,15)/t6-,7-,11?/m0/s1. The topological polar surface area (TPSA) is 93.4 Å². The molecule has 1 aromatic rings. The van der Waals surface area contributed by atoms with Crippen molar-refractivity contribution in [1.82, 2.24) is 15.2 Å². The van der Waals surface area contributed by atoms with E-state index in [-0.39, 0.29) is 5.50 Å². The van der Waals surface area contributed by atoms with E-state index in [0.717, 1.165) is 11.4 Å². The smallest absolute Gasteiger partial charge is 0.203 e. The van der Waals surface area contributed by atoms with Crippen molar-refractivity contribution >= 4 is 33.3 Å². The zero-order valence-corrected chi connectivity index (χ0v) is 12.5. The van der Waals surface area contributed by atoms with Gasteiger partial charge in [0.15, 0.2) is 0 Å². The Balaban J connectivity index is 1.70. The number of aromatic nitrogens is 2. The van der Waals surface area contributed by atoms with Gasteiger partial charge in [0.05, 0.1) is 5.04 Å². The number of hydrogen-bond acceptors (Lipinski definition) is 8. The third-order valence-corrected chi connectivity index (χ3v) is 5.81. The van der Waals surface area contributed by atoms with Gasteiger partial charge in [-0.1, -0.05) is 29.5 Å². The zero-order chi connectivity index (χ0) is 13.4. The molecule has 4 N–H and O–H groups in total. The van der Waals surface area contributed by atoms with E-state index in [2.05, 4.69) is 15.3 Å². The van der Waals surface area contributed by atoms with Crippen LogP contribution in [0.25, 0.3) is 0 Å². The van der Waals surface area contributed by atoms with Crippen molar-refractivity contribution in [1.29, 1.82) is 0 Å². The minimum Gasteiger partial charge on any atom is -0.374 e. The maximum atomic E-state index is 5.96. The number of nitrogens with two attached hydrogens (primary N) is 2. The lowest BCUT2D eigenvalue weighted by molar-refractivity contribution is 0.340. The van der Waals surface area contributed by atoms with E-state index in [1.54, 1.807) is 11.8 Å². The Morgan fingerprint density at radius 3 is 2.68 bits per heavy atom. The molecule has 104 valence electrons. The van der Waals surface area contributed by atoms with Crippen molar-refractivity contribution in [3.05, 3.63) is 5.01 Å². The third-order valence-electron chi connectivity index (χ3n) is 3.70. The maximum absolute atomic E-state index is 5.96. The maximum Gasteiger partial charge on any atom is 0.203 e. The van der Waals surface area contributed by atoms with Gasteiger partial charge in [-0.3, -0.25) is 5.01 Å². The zero-order valence-electron chi connectivity index (χ0n) is 10.8. The quantitative estimate of drug-likeness (QED) is 0.862. The summed E-state index contributed by atoms with van der Waals surface area (Å²) in [5, 5.41) is 17.3. The van der Waals surface area contributed by atoms with E-state index in [1.165, 1.54) is 35.6 Å². The van der Waals surface area contributed by atoms with Crippen molar-refractivity contribution in [3.63, 3.8) is 0 Å². The predicted octanol–water partition coefficient (Wildman–Crippen LogP) is 1.63. The molecule has 1 aliphatic carbocycles. The molecule has 2 aliphatic rings. The van der Waals surface area contributed by atoms with Gasteiger partial charge < -0.3 is 11.5 Å². The molecule has 1 aliphatic heterocycles. The molecular weight excluding hydrogens is 280 g/mol. The number of thioether (sulfide) groups is 1. The first-order chi connectivity index (χ1) is 9.13. The first-order valence-electron chi connectivity index (χ1n) is 6.46. The Bertz CT molecular complexity index is 487. The van der Waals surface area contributed by atoms with Crippen LogP contribution in [-0.2, 0) is 0 Å². The van der Waals surface area contributed by atoms with Crippen LogP contribution in [0.2, 0.25) is 0 Å². The van der Waals surface area contributed by atoms with Crippen LogP contribution in [0.1, 0.15) is 36.6 Å². The van der Waals surface area contributed by atoms with Crippen LogP contribution >= 0.6 is 23.1 Å². The van der Waals surface area contributed by atoms with Crippen molar-refractivity contribution in [2.24, 2.45) is 16.8 Å². The average molecular weight is 298 g/mol. The van der Waals surface area contributed by atoms with E-state index in [9.17, 15) is 0 Å². The highest BCUT2D eigenvalue weighted by Crippen LogP contribution is 2.41. The lowest BCUT2D eigenvalue weighted by atomic mass is 9.82. The number of nitrogen functional groups attached to an aromatic ring is 1. The van der Waals surface area contributed by atoms with Crippen molar-refractivity contribution in [2.75, 3.05) is 12.8 Å². The van der Waals surface area contributed by atoms with Gasteiger partial charge in [-0.2, -0.15) is 5.10 Å². The Morgan fingerprint density at radius 2 is 2.05 bits per heavy atom. The van der Waals surface area contributed by atoms with Crippen LogP contribution in [0.5, 0.6) is 0 Å². The molecule has 2 heterocycles. The fourth-order valence-electron chi connectivity index (χ4n) is 2.66. The SMILES string of the molecule is CN1N=C([C@H]2CCC[C@H](c3nnc(N)s3)C2)SC1N. The Labute approximate surface area is 120 Å². The summed E-state index contributed by atoms with van der Waals surface area (Å²) in [5.41, 5.74) is 11.6. The number of hydrazone groups is 1. The van der Waals surface area contributed by atoms with Crippen LogP contribution in [0.4, 0.5) is 5.13 Å². The molecule has 19 heavy (non-hydrogen) atoms. The molecule has 1 saturated carbocycles. The summed E-state index contributed by atoms with van der Waals surface area (Å²) in [4.78, 5) is 0. The Hall–Kier alpha value is -0.860. The molecule has 1 aromatic heterocycles. The second kappa shape index (κ2) is 5.26. The molecule has 0 spiro atoms.